The number of benzene rings is 1. The molecule has 0 bridgehead atoms. The third-order valence-electron chi connectivity index (χ3n) is 4.39. The summed E-state index contributed by atoms with van der Waals surface area (Å²) in [6.07, 6.45) is 0.797. The van der Waals surface area contributed by atoms with Gasteiger partial charge in [0, 0.05) is 36.5 Å². The molecule has 1 N–H and O–H groups in total. The van der Waals surface area contributed by atoms with Crippen LogP contribution in [0.4, 0.5) is 0 Å². The van der Waals surface area contributed by atoms with Crippen molar-refractivity contribution in [2.45, 2.75) is 32.3 Å². The summed E-state index contributed by atoms with van der Waals surface area (Å²) in [5, 5.41) is 15.1. The SMILES string of the molecule is Cc1noc(C)c1C(=O)N1CCC(O)(C#Cc2cccc(Cl)c2)CC1. The Labute approximate surface area is 151 Å². The number of carbonyl (C=O) groups is 1. The monoisotopic (exact) mass is 358 g/mol. The minimum Gasteiger partial charge on any atom is -0.377 e. The van der Waals surface area contributed by atoms with E-state index >= 15 is 0 Å². The maximum absolute atomic E-state index is 12.6. The van der Waals surface area contributed by atoms with Crippen LogP contribution in [0.3, 0.4) is 0 Å². The third kappa shape index (κ3) is 3.87. The fourth-order valence-corrected chi connectivity index (χ4v) is 3.10. The van der Waals surface area contributed by atoms with Crippen LogP contribution in [0, 0.1) is 25.7 Å². The van der Waals surface area contributed by atoms with Crippen molar-refractivity contribution in [3.05, 3.63) is 51.9 Å². The highest BCUT2D eigenvalue weighted by Crippen LogP contribution is 2.24. The molecule has 5 nitrogen and oxygen atoms in total. The molecule has 0 aliphatic carbocycles. The van der Waals surface area contributed by atoms with Crippen LogP contribution in [0.1, 0.15) is 40.2 Å². The van der Waals surface area contributed by atoms with Crippen molar-refractivity contribution in [2.75, 3.05) is 13.1 Å². The first-order valence-electron chi connectivity index (χ1n) is 8.11. The molecule has 1 fully saturated rings. The predicted molar refractivity (Wildman–Crippen MR) is 94.4 cm³/mol. The molecule has 2 aromatic rings. The Hall–Kier alpha value is -2.29. The average molecular weight is 359 g/mol. The van der Waals surface area contributed by atoms with E-state index in [1.165, 1.54) is 0 Å². The van der Waals surface area contributed by atoms with Gasteiger partial charge in [-0.15, -0.1) is 0 Å². The highest BCUT2D eigenvalue weighted by atomic mass is 35.5. The molecular formula is C19H19ClN2O3. The van der Waals surface area contributed by atoms with Crippen molar-refractivity contribution in [3.63, 3.8) is 0 Å². The Kier molecular flexibility index (Phi) is 4.85. The number of hydrogen-bond donors (Lipinski definition) is 1. The second kappa shape index (κ2) is 6.91. The zero-order valence-electron chi connectivity index (χ0n) is 14.2. The lowest BCUT2D eigenvalue weighted by molar-refractivity contribution is 0.0248. The Morgan fingerprint density at radius 2 is 2.08 bits per heavy atom. The summed E-state index contributed by atoms with van der Waals surface area (Å²) >= 11 is 5.94. The van der Waals surface area contributed by atoms with Crippen LogP contribution in [0.2, 0.25) is 5.02 Å². The zero-order valence-corrected chi connectivity index (χ0v) is 14.9. The number of piperidine rings is 1. The lowest BCUT2D eigenvalue weighted by Gasteiger charge is -2.35. The summed E-state index contributed by atoms with van der Waals surface area (Å²) in [5.41, 5.74) is 0.757. The molecule has 1 saturated heterocycles. The van der Waals surface area contributed by atoms with Gasteiger partial charge in [0.2, 0.25) is 0 Å². The van der Waals surface area contributed by atoms with Crippen molar-refractivity contribution in [1.29, 1.82) is 0 Å². The van der Waals surface area contributed by atoms with E-state index in [1.807, 2.05) is 12.1 Å². The largest absolute Gasteiger partial charge is 0.377 e. The number of aromatic nitrogens is 1. The van der Waals surface area contributed by atoms with Crippen molar-refractivity contribution in [3.8, 4) is 11.8 Å². The van der Waals surface area contributed by atoms with E-state index in [4.69, 9.17) is 16.1 Å². The fraction of sp³-hybridized carbons (Fsp3) is 0.368. The van der Waals surface area contributed by atoms with E-state index in [1.54, 1.807) is 30.9 Å². The van der Waals surface area contributed by atoms with E-state index in [9.17, 15) is 9.90 Å². The second-order valence-electron chi connectivity index (χ2n) is 6.28. The molecule has 1 aliphatic heterocycles. The van der Waals surface area contributed by atoms with Crippen LogP contribution in [0.5, 0.6) is 0 Å². The molecule has 1 aromatic carbocycles. The molecule has 0 atom stereocenters. The van der Waals surface area contributed by atoms with Gasteiger partial charge < -0.3 is 14.5 Å². The molecule has 1 aromatic heterocycles. The number of rotatable bonds is 1. The Morgan fingerprint density at radius 3 is 2.68 bits per heavy atom. The molecule has 1 aliphatic rings. The highest BCUT2D eigenvalue weighted by molar-refractivity contribution is 6.30. The van der Waals surface area contributed by atoms with Crippen LogP contribution in [-0.2, 0) is 0 Å². The summed E-state index contributed by atoms with van der Waals surface area (Å²) in [7, 11) is 0. The van der Waals surface area contributed by atoms with Crippen LogP contribution < -0.4 is 0 Å². The van der Waals surface area contributed by atoms with E-state index in [2.05, 4.69) is 17.0 Å². The number of nitrogens with zero attached hydrogens (tertiary/aromatic N) is 2. The van der Waals surface area contributed by atoms with Crippen LogP contribution in [0.25, 0.3) is 0 Å². The van der Waals surface area contributed by atoms with Crippen molar-refractivity contribution < 1.29 is 14.4 Å². The van der Waals surface area contributed by atoms with Crippen molar-refractivity contribution >= 4 is 17.5 Å². The van der Waals surface area contributed by atoms with Gasteiger partial charge in [0.25, 0.3) is 5.91 Å². The minimum atomic E-state index is -1.10. The first kappa shape index (κ1) is 17.5. The number of aryl methyl sites for hydroxylation is 2. The first-order chi connectivity index (χ1) is 11.9. The number of likely N-dealkylation sites (tertiary alicyclic amines) is 1. The quantitative estimate of drug-likeness (QED) is 0.796. The molecule has 0 radical (unpaired) electrons. The number of carbonyl (C=O) groups excluding carboxylic acids is 1. The third-order valence-corrected chi connectivity index (χ3v) is 4.62. The van der Waals surface area contributed by atoms with Gasteiger partial charge in [-0.05, 0) is 32.0 Å². The number of aliphatic hydroxyl groups is 1. The fourth-order valence-electron chi connectivity index (χ4n) is 2.91. The van der Waals surface area contributed by atoms with Crippen LogP contribution in [0.15, 0.2) is 28.8 Å². The molecule has 0 unspecified atom stereocenters. The lowest BCUT2D eigenvalue weighted by Crippen LogP contribution is -2.46. The molecule has 2 heterocycles. The molecule has 1 amide bonds. The maximum Gasteiger partial charge on any atom is 0.259 e. The smallest absolute Gasteiger partial charge is 0.259 e. The normalized spacial score (nSPS) is 16.2. The highest BCUT2D eigenvalue weighted by Gasteiger charge is 2.34. The van der Waals surface area contributed by atoms with Gasteiger partial charge in [-0.1, -0.05) is 34.7 Å². The molecule has 25 heavy (non-hydrogen) atoms. The van der Waals surface area contributed by atoms with Gasteiger partial charge in [-0.2, -0.15) is 0 Å². The van der Waals surface area contributed by atoms with Crippen molar-refractivity contribution in [2.24, 2.45) is 0 Å². The van der Waals surface area contributed by atoms with E-state index in [-0.39, 0.29) is 5.91 Å². The topological polar surface area (TPSA) is 66.6 Å². The summed E-state index contributed by atoms with van der Waals surface area (Å²) < 4.78 is 5.07. The van der Waals surface area contributed by atoms with Gasteiger partial charge in [0.15, 0.2) is 0 Å². The summed E-state index contributed by atoms with van der Waals surface area (Å²) in [6, 6.07) is 7.20. The van der Waals surface area contributed by atoms with Gasteiger partial charge >= 0.3 is 0 Å². The van der Waals surface area contributed by atoms with E-state index in [0.717, 1.165) is 5.56 Å². The Morgan fingerprint density at radius 1 is 1.36 bits per heavy atom. The van der Waals surface area contributed by atoms with Gasteiger partial charge in [0.1, 0.15) is 16.9 Å². The van der Waals surface area contributed by atoms with E-state index in [0.29, 0.717) is 48.0 Å². The molecule has 0 saturated carbocycles. The average Bonchev–Trinajstić information content (AvgIpc) is 2.92. The number of hydrogen-bond acceptors (Lipinski definition) is 4. The maximum atomic E-state index is 12.6. The van der Waals surface area contributed by atoms with Crippen LogP contribution in [-0.4, -0.2) is 39.8 Å². The van der Waals surface area contributed by atoms with Crippen molar-refractivity contribution in [1.82, 2.24) is 10.1 Å². The first-order valence-corrected chi connectivity index (χ1v) is 8.49. The minimum absolute atomic E-state index is 0.110. The zero-order chi connectivity index (χ0) is 18.0. The molecular weight excluding hydrogens is 340 g/mol. The van der Waals surface area contributed by atoms with Gasteiger partial charge in [-0.3, -0.25) is 4.79 Å². The number of amides is 1. The summed E-state index contributed by atoms with van der Waals surface area (Å²) in [6.45, 7) is 4.34. The molecule has 130 valence electrons. The van der Waals surface area contributed by atoms with Crippen LogP contribution >= 0.6 is 11.6 Å². The summed E-state index contributed by atoms with van der Waals surface area (Å²) in [4.78, 5) is 14.3. The lowest BCUT2D eigenvalue weighted by atomic mass is 9.91. The van der Waals surface area contributed by atoms with E-state index < -0.39 is 5.60 Å². The molecule has 6 heteroatoms. The Balaban J connectivity index is 1.68. The molecule has 0 spiro atoms. The summed E-state index contributed by atoms with van der Waals surface area (Å²) in [5.74, 6) is 6.32. The predicted octanol–water partition coefficient (Wildman–Crippen LogP) is 2.96. The number of halogens is 1. The second-order valence-corrected chi connectivity index (χ2v) is 6.72. The van der Waals surface area contributed by atoms with Gasteiger partial charge in [-0.25, -0.2) is 0 Å². The Bertz CT molecular complexity index is 836. The van der Waals surface area contributed by atoms with Gasteiger partial charge in [0.05, 0.1) is 5.69 Å². The standard InChI is InChI=1S/C19H19ClN2O3/c1-13-17(14(2)25-21-13)18(23)22-10-8-19(24,9-11-22)7-6-15-4-3-5-16(20)12-15/h3-5,12,24H,8-11H2,1-2H3. The molecule has 3 rings (SSSR count).